The highest BCUT2D eigenvalue weighted by molar-refractivity contribution is 5.77. The van der Waals surface area contributed by atoms with E-state index in [1.807, 2.05) is 52.2 Å². The van der Waals surface area contributed by atoms with Gasteiger partial charge in [-0.25, -0.2) is 4.39 Å². The Labute approximate surface area is 167 Å². The highest BCUT2D eigenvalue weighted by Crippen LogP contribution is 2.29. The van der Waals surface area contributed by atoms with E-state index >= 15 is 0 Å². The summed E-state index contributed by atoms with van der Waals surface area (Å²) in [7, 11) is 4.03. The number of hydrogen-bond donors (Lipinski definition) is 1. The number of hydrogen-bond acceptors (Lipinski definition) is 3. The summed E-state index contributed by atoms with van der Waals surface area (Å²) in [4.78, 5) is 14.6. The van der Waals surface area contributed by atoms with Gasteiger partial charge in [0, 0.05) is 18.9 Å². The Balaban J connectivity index is 2.11. The maximum atomic E-state index is 13.4. The molecule has 0 fully saturated rings. The van der Waals surface area contributed by atoms with Crippen LogP contribution in [-0.2, 0) is 4.79 Å². The van der Waals surface area contributed by atoms with Crippen LogP contribution >= 0.6 is 0 Å². The van der Waals surface area contributed by atoms with Crippen molar-refractivity contribution in [2.24, 2.45) is 0 Å². The fraction of sp³-hybridized carbons (Fsp3) is 0.435. The summed E-state index contributed by atoms with van der Waals surface area (Å²) < 4.78 is 19.1. The lowest BCUT2D eigenvalue weighted by Gasteiger charge is -2.19. The van der Waals surface area contributed by atoms with Crippen LogP contribution in [0.15, 0.2) is 48.5 Å². The van der Waals surface area contributed by atoms with E-state index in [4.69, 9.17) is 4.74 Å². The third kappa shape index (κ3) is 7.31. The molecule has 0 saturated heterocycles. The summed E-state index contributed by atoms with van der Waals surface area (Å²) in [6.07, 6.45) is 1.32. The molecular formula is C23H31FN2O2. The lowest BCUT2D eigenvalue weighted by molar-refractivity contribution is -0.121. The number of benzene rings is 2. The minimum atomic E-state index is -0.281. The highest BCUT2D eigenvalue weighted by Gasteiger charge is 2.18. The van der Waals surface area contributed by atoms with Crippen LogP contribution in [0.4, 0.5) is 4.39 Å². The molecule has 1 amide bonds. The lowest BCUT2D eigenvalue weighted by atomic mass is 9.88. The molecule has 2 aromatic carbocycles. The second-order valence-electron chi connectivity index (χ2n) is 7.55. The largest absolute Gasteiger partial charge is 0.491 e. The number of carbonyl (C=O) groups excluding carboxylic acids is 1. The van der Waals surface area contributed by atoms with Gasteiger partial charge in [-0.2, -0.15) is 0 Å². The molecule has 0 unspecified atom stereocenters. The minimum absolute atomic E-state index is 0.00409. The Morgan fingerprint density at radius 2 is 1.61 bits per heavy atom. The summed E-state index contributed by atoms with van der Waals surface area (Å²) >= 11 is 0. The van der Waals surface area contributed by atoms with E-state index in [2.05, 4.69) is 10.2 Å². The van der Waals surface area contributed by atoms with Crippen LogP contribution in [0.1, 0.15) is 43.7 Å². The molecule has 152 valence electrons. The monoisotopic (exact) mass is 386 g/mol. The topological polar surface area (TPSA) is 41.6 Å². The molecule has 2 aromatic rings. The smallest absolute Gasteiger partial charge is 0.220 e. The number of ether oxygens (including phenoxy) is 1. The average molecular weight is 387 g/mol. The number of nitrogens with zero attached hydrogens (tertiary/aromatic N) is 1. The van der Waals surface area contributed by atoms with Gasteiger partial charge in [-0.3, -0.25) is 4.79 Å². The van der Waals surface area contributed by atoms with Crippen molar-refractivity contribution in [1.82, 2.24) is 10.2 Å². The molecule has 0 aliphatic carbocycles. The zero-order chi connectivity index (χ0) is 20.5. The van der Waals surface area contributed by atoms with Crippen LogP contribution in [-0.4, -0.2) is 44.1 Å². The lowest BCUT2D eigenvalue weighted by Crippen LogP contribution is -2.28. The first-order valence-electron chi connectivity index (χ1n) is 9.78. The Hall–Kier alpha value is -2.40. The third-order valence-electron chi connectivity index (χ3n) is 4.42. The van der Waals surface area contributed by atoms with Gasteiger partial charge in [-0.15, -0.1) is 0 Å². The van der Waals surface area contributed by atoms with Gasteiger partial charge in [-0.05, 0) is 76.3 Å². The van der Waals surface area contributed by atoms with Crippen LogP contribution in [0.25, 0.3) is 0 Å². The van der Waals surface area contributed by atoms with Crippen molar-refractivity contribution < 1.29 is 13.9 Å². The minimum Gasteiger partial charge on any atom is -0.491 e. The van der Waals surface area contributed by atoms with E-state index in [-0.39, 0.29) is 23.7 Å². The van der Waals surface area contributed by atoms with Gasteiger partial charge < -0.3 is 15.0 Å². The van der Waals surface area contributed by atoms with E-state index in [0.29, 0.717) is 13.0 Å². The van der Waals surface area contributed by atoms with Crippen LogP contribution in [0, 0.1) is 5.82 Å². The number of amides is 1. The highest BCUT2D eigenvalue weighted by atomic mass is 19.1. The van der Waals surface area contributed by atoms with Crippen molar-refractivity contribution in [1.29, 1.82) is 0 Å². The van der Waals surface area contributed by atoms with Crippen molar-refractivity contribution in [2.45, 2.75) is 38.7 Å². The maximum Gasteiger partial charge on any atom is 0.220 e. The molecule has 4 nitrogen and oxygen atoms in total. The number of nitrogens with one attached hydrogen (secondary N) is 1. The van der Waals surface area contributed by atoms with Gasteiger partial charge in [0.1, 0.15) is 11.6 Å². The Morgan fingerprint density at radius 1 is 1.04 bits per heavy atom. The Kier molecular flexibility index (Phi) is 8.45. The molecule has 0 radical (unpaired) electrons. The van der Waals surface area contributed by atoms with E-state index in [1.54, 1.807) is 12.1 Å². The van der Waals surface area contributed by atoms with Crippen molar-refractivity contribution in [3.05, 3.63) is 65.5 Å². The van der Waals surface area contributed by atoms with E-state index in [0.717, 1.165) is 29.8 Å². The standard InChI is InChI=1S/C23H31FN2O2/c1-17(2)28-21-12-8-19(9-13-21)22(18-6-10-20(24)11-7-18)16-23(27)25-14-5-15-26(3)4/h6-13,17,22H,5,14-16H2,1-4H3,(H,25,27)/t22-/m1/s1. The first-order chi connectivity index (χ1) is 13.3. The molecule has 0 aromatic heterocycles. The number of halogens is 1. The Bertz CT molecular complexity index is 727. The van der Waals surface area contributed by atoms with Gasteiger partial charge in [0.15, 0.2) is 0 Å². The van der Waals surface area contributed by atoms with Gasteiger partial charge in [0.05, 0.1) is 6.10 Å². The van der Waals surface area contributed by atoms with Crippen LogP contribution in [0.2, 0.25) is 0 Å². The molecule has 0 aliphatic rings. The molecule has 0 saturated carbocycles. The van der Waals surface area contributed by atoms with E-state index in [1.165, 1.54) is 12.1 Å². The molecular weight excluding hydrogens is 355 g/mol. The second-order valence-corrected chi connectivity index (χ2v) is 7.55. The van der Waals surface area contributed by atoms with Crippen molar-refractivity contribution in [2.75, 3.05) is 27.2 Å². The van der Waals surface area contributed by atoms with Gasteiger partial charge in [0.25, 0.3) is 0 Å². The maximum absolute atomic E-state index is 13.4. The molecule has 1 atom stereocenters. The zero-order valence-electron chi connectivity index (χ0n) is 17.2. The molecule has 28 heavy (non-hydrogen) atoms. The normalized spacial score (nSPS) is 12.2. The molecule has 0 heterocycles. The number of rotatable bonds is 10. The zero-order valence-corrected chi connectivity index (χ0v) is 17.2. The quantitative estimate of drug-likeness (QED) is 0.622. The van der Waals surface area contributed by atoms with E-state index < -0.39 is 0 Å². The summed E-state index contributed by atoms with van der Waals surface area (Å²) in [6.45, 7) is 5.54. The predicted molar refractivity (Wildman–Crippen MR) is 111 cm³/mol. The van der Waals surface area contributed by atoms with E-state index in [9.17, 15) is 9.18 Å². The van der Waals surface area contributed by atoms with Crippen LogP contribution < -0.4 is 10.1 Å². The summed E-state index contributed by atoms with van der Waals surface area (Å²) in [6, 6.07) is 14.2. The van der Waals surface area contributed by atoms with Crippen molar-refractivity contribution in [3.63, 3.8) is 0 Å². The fourth-order valence-corrected chi connectivity index (χ4v) is 3.05. The summed E-state index contributed by atoms with van der Waals surface area (Å²) in [5, 5.41) is 2.99. The average Bonchev–Trinajstić information content (AvgIpc) is 2.64. The molecule has 2 rings (SSSR count). The molecule has 0 aliphatic heterocycles. The van der Waals surface area contributed by atoms with Crippen molar-refractivity contribution in [3.8, 4) is 5.75 Å². The van der Waals surface area contributed by atoms with Crippen LogP contribution in [0.3, 0.4) is 0 Å². The summed E-state index contributed by atoms with van der Waals surface area (Å²) in [5.41, 5.74) is 1.92. The van der Waals surface area contributed by atoms with Gasteiger partial charge in [-0.1, -0.05) is 24.3 Å². The Morgan fingerprint density at radius 3 is 2.14 bits per heavy atom. The SMILES string of the molecule is CC(C)Oc1ccc([C@H](CC(=O)NCCCN(C)C)c2ccc(F)cc2)cc1. The predicted octanol–water partition coefficient (Wildman–Crippen LogP) is 4.20. The van der Waals surface area contributed by atoms with Gasteiger partial charge >= 0.3 is 0 Å². The first-order valence-corrected chi connectivity index (χ1v) is 9.78. The fourth-order valence-electron chi connectivity index (χ4n) is 3.05. The molecule has 0 spiro atoms. The second kappa shape index (κ2) is 10.8. The summed E-state index contributed by atoms with van der Waals surface area (Å²) in [5.74, 6) is 0.374. The molecule has 0 bridgehead atoms. The number of carbonyl (C=O) groups is 1. The van der Waals surface area contributed by atoms with Gasteiger partial charge in [0.2, 0.25) is 5.91 Å². The molecule has 5 heteroatoms. The first kappa shape index (κ1) is 21.9. The third-order valence-corrected chi connectivity index (χ3v) is 4.42. The molecule has 1 N–H and O–H groups in total. The van der Waals surface area contributed by atoms with Crippen LogP contribution in [0.5, 0.6) is 5.75 Å². The van der Waals surface area contributed by atoms with Crippen molar-refractivity contribution >= 4 is 5.91 Å².